The summed E-state index contributed by atoms with van der Waals surface area (Å²) in [4.78, 5) is 9.47. The molecule has 0 spiro atoms. The third kappa shape index (κ3) is 3.71. The lowest BCUT2D eigenvalue weighted by molar-refractivity contribution is 1.16. The average Bonchev–Trinajstić information content (AvgIpc) is 3.94. The zero-order chi connectivity index (χ0) is 33.9. The van der Waals surface area contributed by atoms with Crippen molar-refractivity contribution < 1.29 is 0 Å². The van der Waals surface area contributed by atoms with Crippen LogP contribution < -0.4 is 0 Å². The number of para-hydroxylation sites is 4. The molecule has 6 heteroatoms. The van der Waals surface area contributed by atoms with Gasteiger partial charge in [-0.1, -0.05) is 72.8 Å². The van der Waals surface area contributed by atoms with Crippen LogP contribution in [0.1, 0.15) is 0 Å². The van der Waals surface area contributed by atoms with Gasteiger partial charge in [-0.15, -0.1) is 11.3 Å². The molecule has 0 fully saturated rings. The number of pyridine rings is 2. The van der Waals surface area contributed by atoms with E-state index in [9.17, 15) is 0 Å². The van der Waals surface area contributed by atoms with Crippen LogP contribution in [0.4, 0.5) is 0 Å². The molecule has 0 aliphatic rings. The van der Waals surface area contributed by atoms with Crippen molar-refractivity contribution in [3.63, 3.8) is 0 Å². The maximum atomic E-state index is 4.79. The number of nitrogens with zero attached hydrogens (tertiary/aromatic N) is 5. The zero-order valence-electron chi connectivity index (χ0n) is 27.7. The number of benzene rings is 6. The zero-order valence-corrected chi connectivity index (χ0v) is 28.5. The summed E-state index contributed by atoms with van der Waals surface area (Å²) >= 11 is 1.76. The van der Waals surface area contributed by atoms with E-state index in [0.717, 1.165) is 43.0 Å². The summed E-state index contributed by atoms with van der Waals surface area (Å²) in [5.41, 5.74) is 12.5. The molecule has 5 nitrogen and oxygen atoms in total. The van der Waals surface area contributed by atoms with Gasteiger partial charge in [-0.2, -0.15) is 0 Å². The Morgan fingerprint density at radius 1 is 0.365 bits per heavy atom. The molecular weight excluding hydrogens is 655 g/mol. The maximum absolute atomic E-state index is 4.79. The van der Waals surface area contributed by atoms with Crippen LogP contribution in [0.25, 0.3) is 103 Å². The molecule has 0 aliphatic carbocycles. The van der Waals surface area contributed by atoms with Crippen LogP contribution in [0.3, 0.4) is 0 Å². The monoisotopic (exact) mass is 681 g/mol. The largest absolute Gasteiger partial charge is 0.309 e. The first kappa shape index (κ1) is 28.0. The molecule has 242 valence electrons. The lowest BCUT2D eigenvalue weighted by Gasteiger charge is -2.12. The highest BCUT2D eigenvalue weighted by atomic mass is 32.1. The second kappa shape index (κ2) is 10.4. The van der Waals surface area contributed by atoms with E-state index in [1.807, 2.05) is 18.5 Å². The molecule has 0 N–H and O–H groups in total. The summed E-state index contributed by atoms with van der Waals surface area (Å²) in [6.07, 6.45) is 3.77. The van der Waals surface area contributed by atoms with E-state index < -0.39 is 0 Å². The van der Waals surface area contributed by atoms with E-state index in [0.29, 0.717) is 0 Å². The van der Waals surface area contributed by atoms with E-state index >= 15 is 0 Å². The Morgan fingerprint density at radius 3 is 1.40 bits per heavy atom. The molecular formula is C46H27N5S. The van der Waals surface area contributed by atoms with Gasteiger partial charge in [-0.25, -0.2) is 0 Å². The predicted octanol–water partition coefficient (Wildman–Crippen LogP) is 12.1. The number of rotatable bonds is 3. The van der Waals surface area contributed by atoms with Gasteiger partial charge in [0.15, 0.2) is 0 Å². The molecule has 0 unspecified atom stereocenters. The van der Waals surface area contributed by atoms with Crippen LogP contribution in [0.5, 0.6) is 0 Å². The molecule has 0 bridgehead atoms. The second-order valence-corrected chi connectivity index (χ2v) is 14.5. The molecule has 6 aromatic heterocycles. The van der Waals surface area contributed by atoms with E-state index in [2.05, 4.69) is 164 Å². The molecule has 12 rings (SSSR count). The minimum Gasteiger partial charge on any atom is -0.309 e. The van der Waals surface area contributed by atoms with Gasteiger partial charge in [-0.3, -0.25) is 9.97 Å². The van der Waals surface area contributed by atoms with Crippen LogP contribution in [0.15, 0.2) is 164 Å². The summed E-state index contributed by atoms with van der Waals surface area (Å²) in [5.74, 6) is 0. The second-order valence-electron chi connectivity index (χ2n) is 13.4. The van der Waals surface area contributed by atoms with Gasteiger partial charge in [0.2, 0.25) is 0 Å². The van der Waals surface area contributed by atoms with Crippen LogP contribution >= 0.6 is 11.3 Å². The van der Waals surface area contributed by atoms with E-state index in [-0.39, 0.29) is 0 Å². The fraction of sp³-hybridized carbons (Fsp3) is 0. The van der Waals surface area contributed by atoms with E-state index in [1.165, 1.54) is 59.9 Å². The number of fused-ring (bicyclic) bond motifs is 12. The summed E-state index contributed by atoms with van der Waals surface area (Å²) in [7, 11) is 0. The standard InChI is InChI=1S/C46H27N5S/c1-5-14-36-30(10-1)31-11-2-6-15-37(31)49(36)28-19-21-40-34(26-28)32-12-3-7-16-38(32)50(40)29-20-22-41-35(27-29)33-13-4-8-17-39(33)51(41)42-23-25-48-45-44-43(52-46(42)45)18-9-24-47-44/h1-27H. The maximum Gasteiger partial charge on any atom is 0.109 e. The highest BCUT2D eigenvalue weighted by Crippen LogP contribution is 2.41. The Labute approximate surface area is 300 Å². The van der Waals surface area contributed by atoms with Crippen LogP contribution in [-0.4, -0.2) is 23.7 Å². The van der Waals surface area contributed by atoms with Crippen molar-refractivity contribution in [3.8, 4) is 17.1 Å². The fourth-order valence-electron chi connectivity index (χ4n) is 8.58. The van der Waals surface area contributed by atoms with Gasteiger partial charge in [0, 0.05) is 56.1 Å². The fourth-order valence-corrected chi connectivity index (χ4v) is 9.71. The van der Waals surface area contributed by atoms with Crippen molar-refractivity contribution in [3.05, 3.63) is 164 Å². The van der Waals surface area contributed by atoms with Gasteiger partial charge in [0.1, 0.15) is 11.0 Å². The van der Waals surface area contributed by atoms with Crippen molar-refractivity contribution in [2.75, 3.05) is 0 Å². The minimum atomic E-state index is 0.950. The predicted molar refractivity (Wildman–Crippen MR) is 218 cm³/mol. The first-order valence-electron chi connectivity index (χ1n) is 17.5. The molecule has 12 aromatic rings. The summed E-state index contributed by atoms with van der Waals surface area (Å²) in [6, 6.07) is 55.1. The molecule has 6 aromatic carbocycles. The Hall–Kier alpha value is -6.76. The average molecular weight is 682 g/mol. The van der Waals surface area contributed by atoms with Gasteiger partial charge in [-0.05, 0) is 78.9 Å². The molecule has 0 atom stereocenters. The third-order valence-electron chi connectivity index (χ3n) is 10.7. The van der Waals surface area contributed by atoms with Gasteiger partial charge >= 0.3 is 0 Å². The highest BCUT2D eigenvalue weighted by molar-refractivity contribution is 7.26. The summed E-state index contributed by atoms with van der Waals surface area (Å²) in [5, 5.41) is 7.44. The van der Waals surface area contributed by atoms with Crippen LogP contribution in [0.2, 0.25) is 0 Å². The molecule has 0 saturated heterocycles. The Bertz CT molecular complexity index is 3380. The quantitative estimate of drug-likeness (QED) is 0.186. The van der Waals surface area contributed by atoms with Crippen LogP contribution in [0, 0.1) is 0 Å². The lowest BCUT2D eigenvalue weighted by Crippen LogP contribution is -1.97. The number of aromatic nitrogens is 5. The molecule has 6 heterocycles. The normalized spacial score (nSPS) is 12.2. The van der Waals surface area contributed by atoms with Crippen molar-refractivity contribution in [2.24, 2.45) is 0 Å². The van der Waals surface area contributed by atoms with Crippen molar-refractivity contribution in [1.29, 1.82) is 0 Å². The first-order chi connectivity index (χ1) is 25.8. The third-order valence-corrected chi connectivity index (χ3v) is 11.9. The highest BCUT2D eigenvalue weighted by Gasteiger charge is 2.20. The smallest absolute Gasteiger partial charge is 0.109 e. The van der Waals surface area contributed by atoms with Gasteiger partial charge in [0.25, 0.3) is 0 Å². The molecule has 0 amide bonds. The molecule has 0 saturated carbocycles. The van der Waals surface area contributed by atoms with Gasteiger partial charge in [0.05, 0.1) is 48.2 Å². The Morgan fingerprint density at radius 2 is 0.827 bits per heavy atom. The van der Waals surface area contributed by atoms with E-state index in [1.54, 1.807) is 11.3 Å². The topological polar surface area (TPSA) is 40.6 Å². The first-order valence-corrected chi connectivity index (χ1v) is 18.3. The minimum absolute atomic E-state index is 0.950. The van der Waals surface area contributed by atoms with Crippen molar-refractivity contribution in [1.82, 2.24) is 23.7 Å². The summed E-state index contributed by atoms with van der Waals surface area (Å²) in [6.45, 7) is 0. The number of hydrogen-bond donors (Lipinski definition) is 0. The lowest BCUT2D eigenvalue weighted by atomic mass is 10.1. The number of hydrogen-bond acceptors (Lipinski definition) is 3. The SMILES string of the molecule is c1cnc2c(c1)sc1c(-n3c4ccccc4c4cc(-n5c6ccccc6c6cc(-n7c8ccccc8c8ccccc87)ccc65)ccc43)ccnc12. The molecule has 0 radical (unpaired) electrons. The van der Waals surface area contributed by atoms with Crippen molar-refractivity contribution in [2.45, 2.75) is 0 Å². The van der Waals surface area contributed by atoms with Gasteiger partial charge < -0.3 is 13.7 Å². The Kier molecular flexibility index (Phi) is 5.59. The number of thiophene rings is 1. The summed E-state index contributed by atoms with van der Waals surface area (Å²) < 4.78 is 9.52. The van der Waals surface area contributed by atoms with Crippen molar-refractivity contribution >= 4 is 97.2 Å². The van der Waals surface area contributed by atoms with Crippen LogP contribution in [-0.2, 0) is 0 Å². The molecule has 0 aliphatic heterocycles. The molecule has 52 heavy (non-hydrogen) atoms. The van der Waals surface area contributed by atoms with E-state index in [4.69, 9.17) is 4.98 Å². The Balaban J connectivity index is 1.10.